The molecule has 1 aromatic heterocycles. The van der Waals surface area contributed by atoms with Crippen LogP contribution in [0.25, 0.3) is 0 Å². The van der Waals surface area contributed by atoms with Crippen LogP contribution in [0, 0.1) is 0 Å². The highest BCUT2D eigenvalue weighted by molar-refractivity contribution is 4.98. The summed E-state index contributed by atoms with van der Waals surface area (Å²) in [6.07, 6.45) is 6.71. The lowest BCUT2D eigenvalue weighted by Crippen LogP contribution is -2.33. The molecule has 2 atom stereocenters. The predicted molar refractivity (Wildman–Crippen MR) is 63.5 cm³/mol. The van der Waals surface area contributed by atoms with Gasteiger partial charge in [-0.25, -0.2) is 0 Å². The highest BCUT2D eigenvalue weighted by Gasteiger charge is 2.15. The molecule has 0 amide bonds. The number of aryl methyl sites for hydroxylation is 1. The second-order valence-corrected chi connectivity index (χ2v) is 4.56. The van der Waals surface area contributed by atoms with Crippen molar-refractivity contribution >= 4 is 0 Å². The maximum atomic E-state index is 5.57. The van der Waals surface area contributed by atoms with E-state index in [1.165, 1.54) is 12.8 Å². The monoisotopic (exact) mass is 223 g/mol. The van der Waals surface area contributed by atoms with Gasteiger partial charge < -0.3 is 14.5 Å². The minimum absolute atomic E-state index is 0.436. The molecule has 1 aliphatic heterocycles. The quantitative estimate of drug-likeness (QED) is 0.804. The zero-order valence-corrected chi connectivity index (χ0v) is 9.95. The molecule has 0 saturated carbocycles. The largest absolute Gasteiger partial charge is 0.469 e. The van der Waals surface area contributed by atoms with Crippen LogP contribution in [0.4, 0.5) is 0 Å². The van der Waals surface area contributed by atoms with Crippen molar-refractivity contribution in [2.75, 3.05) is 13.2 Å². The molecule has 2 heterocycles. The van der Waals surface area contributed by atoms with Crippen LogP contribution < -0.4 is 5.32 Å². The lowest BCUT2D eigenvalue weighted by molar-refractivity contribution is 0.107. The third-order valence-corrected chi connectivity index (χ3v) is 3.12. The summed E-state index contributed by atoms with van der Waals surface area (Å²) in [4.78, 5) is 0. The van der Waals surface area contributed by atoms with E-state index in [9.17, 15) is 0 Å². The van der Waals surface area contributed by atoms with E-state index in [1.54, 1.807) is 6.26 Å². The average Bonchev–Trinajstić information content (AvgIpc) is 2.96. The first kappa shape index (κ1) is 11.7. The van der Waals surface area contributed by atoms with Gasteiger partial charge in [0.05, 0.1) is 12.4 Å². The Bertz CT molecular complexity index is 278. The molecule has 3 heteroatoms. The van der Waals surface area contributed by atoms with Crippen LogP contribution in [0.5, 0.6) is 0 Å². The molecule has 90 valence electrons. The number of rotatable bonds is 6. The molecule has 0 aromatic carbocycles. The predicted octanol–water partition coefficient (Wildman–Crippen LogP) is 2.37. The Kier molecular flexibility index (Phi) is 4.43. The number of nitrogens with one attached hydrogen (secondary N) is 1. The molecule has 3 nitrogen and oxygen atoms in total. The van der Waals surface area contributed by atoms with E-state index in [2.05, 4.69) is 12.2 Å². The molecule has 0 radical (unpaired) electrons. The molecule has 1 fully saturated rings. The normalized spacial score (nSPS) is 22.4. The SMILES string of the molecule is CC(CCc1ccco1)NCC1CCCO1. The first-order valence-electron chi connectivity index (χ1n) is 6.22. The number of hydrogen-bond donors (Lipinski definition) is 1. The Morgan fingerprint density at radius 3 is 3.19 bits per heavy atom. The van der Waals surface area contributed by atoms with Crippen LogP contribution in [0.1, 0.15) is 31.9 Å². The first-order chi connectivity index (χ1) is 7.84. The Morgan fingerprint density at radius 2 is 2.50 bits per heavy atom. The Labute approximate surface area is 97.2 Å². The van der Waals surface area contributed by atoms with Crippen molar-refractivity contribution in [1.82, 2.24) is 5.32 Å². The third-order valence-electron chi connectivity index (χ3n) is 3.12. The summed E-state index contributed by atoms with van der Waals surface area (Å²) in [7, 11) is 0. The lowest BCUT2D eigenvalue weighted by Gasteiger charge is -2.16. The minimum atomic E-state index is 0.436. The second kappa shape index (κ2) is 6.06. The number of ether oxygens (including phenoxy) is 1. The van der Waals surface area contributed by atoms with Crippen molar-refractivity contribution in [3.8, 4) is 0 Å². The van der Waals surface area contributed by atoms with E-state index in [0.29, 0.717) is 12.1 Å². The standard InChI is InChI=1S/C13H21NO2/c1-11(6-7-12-4-2-8-15-12)14-10-13-5-3-9-16-13/h2,4,8,11,13-14H,3,5-7,9-10H2,1H3. The van der Waals surface area contributed by atoms with Crippen LogP contribution in [-0.4, -0.2) is 25.3 Å². The third kappa shape index (κ3) is 3.65. The molecular weight excluding hydrogens is 202 g/mol. The molecule has 2 unspecified atom stereocenters. The molecule has 0 aliphatic carbocycles. The van der Waals surface area contributed by atoms with Gasteiger partial charge in [-0.3, -0.25) is 0 Å². The van der Waals surface area contributed by atoms with Crippen molar-refractivity contribution in [2.24, 2.45) is 0 Å². The zero-order valence-electron chi connectivity index (χ0n) is 9.95. The van der Waals surface area contributed by atoms with E-state index in [0.717, 1.165) is 31.8 Å². The average molecular weight is 223 g/mol. The van der Waals surface area contributed by atoms with Gasteiger partial charge in [0.2, 0.25) is 0 Å². The van der Waals surface area contributed by atoms with Gasteiger partial charge >= 0.3 is 0 Å². The van der Waals surface area contributed by atoms with Crippen LogP contribution in [-0.2, 0) is 11.2 Å². The molecular formula is C13H21NO2. The number of furan rings is 1. The molecule has 2 rings (SSSR count). The summed E-state index contributed by atoms with van der Waals surface area (Å²) >= 11 is 0. The molecule has 0 bridgehead atoms. The van der Waals surface area contributed by atoms with Gasteiger partial charge in [0.25, 0.3) is 0 Å². The summed E-state index contributed by atoms with van der Waals surface area (Å²) in [5.41, 5.74) is 0. The molecule has 16 heavy (non-hydrogen) atoms. The van der Waals surface area contributed by atoms with Gasteiger partial charge in [-0.15, -0.1) is 0 Å². The Morgan fingerprint density at radius 1 is 1.56 bits per heavy atom. The maximum absolute atomic E-state index is 5.57. The van der Waals surface area contributed by atoms with Gasteiger partial charge in [-0.05, 0) is 38.3 Å². The van der Waals surface area contributed by atoms with Gasteiger partial charge in [0, 0.05) is 25.6 Å². The fourth-order valence-electron chi connectivity index (χ4n) is 2.05. The summed E-state index contributed by atoms with van der Waals surface area (Å²) in [6.45, 7) is 4.14. The van der Waals surface area contributed by atoms with Gasteiger partial charge in [0.1, 0.15) is 5.76 Å². The second-order valence-electron chi connectivity index (χ2n) is 4.56. The highest BCUT2D eigenvalue weighted by atomic mass is 16.5. The lowest BCUT2D eigenvalue weighted by atomic mass is 10.1. The van der Waals surface area contributed by atoms with E-state index >= 15 is 0 Å². The summed E-state index contributed by atoms with van der Waals surface area (Å²) < 4.78 is 10.9. The van der Waals surface area contributed by atoms with Gasteiger partial charge in [-0.1, -0.05) is 0 Å². The fraction of sp³-hybridized carbons (Fsp3) is 0.692. The fourth-order valence-corrected chi connectivity index (χ4v) is 2.05. The number of hydrogen-bond acceptors (Lipinski definition) is 3. The molecule has 1 aliphatic rings. The van der Waals surface area contributed by atoms with Gasteiger partial charge in [-0.2, -0.15) is 0 Å². The van der Waals surface area contributed by atoms with Crippen molar-refractivity contribution in [3.63, 3.8) is 0 Å². The summed E-state index contributed by atoms with van der Waals surface area (Å²) in [5.74, 6) is 1.07. The van der Waals surface area contributed by atoms with E-state index in [4.69, 9.17) is 9.15 Å². The summed E-state index contributed by atoms with van der Waals surface area (Å²) in [6, 6.07) is 4.50. The minimum Gasteiger partial charge on any atom is -0.469 e. The van der Waals surface area contributed by atoms with E-state index < -0.39 is 0 Å². The van der Waals surface area contributed by atoms with Crippen molar-refractivity contribution in [1.29, 1.82) is 0 Å². The molecule has 0 spiro atoms. The Hall–Kier alpha value is -0.800. The van der Waals surface area contributed by atoms with Crippen molar-refractivity contribution in [3.05, 3.63) is 24.2 Å². The molecule has 1 saturated heterocycles. The molecule has 1 aromatic rings. The van der Waals surface area contributed by atoms with Crippen LogP contribution in [0.15, 0.2) is 22.8 Å². The van der Waals surface area contributed by atoms with Crippen molar-refractivity contribution in [2.45, 2.75) is 44.8 Å². The molecule has 1 N–H and O–H groups in total. The van der Waals surface area contributed by atoms with Gasteiger partial charge in [0.15, 0.2) is 0 Å². The topological polar surface area (TPSA) is 34.4 Å². The summed E-state index contributed by atoms with van der Waals surface area (Å²) in [5, 5.41) is 3.52. The van der Waals surface area contributed by atoms with Crippen molar-refractivity contribution < 1.29 is 9.15 Å². The Balaban J connectivity index is 1.58. The first-order valence-corrected chi connectivity index (χ1v) is 6.22. The van der Waals surface area contributed by atoms with Crippen LogP contribution in [0.3, 0.4) is 0 Å². The highest BCUT2D eigenvalue weighted by Crippen LogP contribution is 2.11. The van der Waals surface area contributed by atoms with E-state index in [1.807, 2.05) is 12.1 Å². The van der Waals surface area contributed by atoms with E-state index in [-0.39, 0.29) is 0 Å². The van der Waals surface area contributed by atoms with Crippen LogP contribution in [0.2, 0.25) is 0 Å². The maximum Gasteiger partial charge on any atom is 0.103 e. The zero-order chi connectivity index (χ0) is 11.2. The smallest absolute Gasteiger partial charge is 0.103 e. The van der Waals surface area contributed by atoms with Crippen LogP contribution >= 0.6 is 0 Å².